The van der Waals surface area contributed by atoms with Gasteiger partial charge in [0.25, 0.3) is 6.02 Å². The number of fused-ring (bicyclic) bond motifs is 4. The average molecular weight is 378 g/mol. The van der Waals surface area contributed by atoms with Crippen LogP contribution in [0.15, 0.2) is 41.9 Å². The second kappa shape index (κ2) is 5.67. The van der Waals surface area contributed by atoms with Crippen LogP contribution in [0.3, 0.4) is 0 Å². The zero-order valence-corrected chi connectivity index (χ0v) is 15.5. The fraction of sp³-hybridized carbons (Fsp3) is 0.476. The molecular formula is C21H22N4O3. The van der Waals surface area contributed by atoms with Crippen molar-refractivity contribution in [1.29, 1.82) is 0 Å². The maximum atomic E-state index is 6.46. The Hall–Kier alpha value is -2.67. The summed E-state index contributed by atoms with van der Waals surface area (Å²) in [5.41, 5.74) is 8.50. The molecule has 0 amide bonds. The molecule has 6 rings (SSSR count). The molecule has 4 unspecified atom stereocenters. The van der Waals surface area contributed by atoms with Crippen LogP contribution in [0.25, 0.3) is 11.1 Å². The number of aliphatic imine (C=N–C) groups is 1. The lowest BCUT2D eigenvalue weighted by Crippen LogP contribution is -2.58. The third kappa shape index (κ3) is 2.22. The van der Waals surface area contributed by atoms with Crippen LogP contribution in [-0.4, -0.2) is 40.9 Å². The highest BCUT2D eigenvalue weighted by Crippen LogP contribution is 2.56. The van der Waals surface area contributed by atoms with Crippen molar-refractivity contribution >= 4 is 6.02 Å². The van der Waals surface area contributed by atoms with E-state index in [0.29, 0.717) is 6.61 Å². The van der Waals surface area contributed by atoms with Gasteiger partial charge in [-0.3, -0.25) is 0 Å². The number of benzene rings is 1. The van der Waals surface area contributed by atoms with Crippen molar-refractivity contribution < 1.29 is 14.2 Å². The fourth-order valence-electron chi connectivity index (χ4n) is 5.34. The largest absolute Gasteiger partial charge is 0.490 e. The molecule has 4 atom stereocenters. The third-order valence-electron chi connectivity index (χ3n) is 6.87. The zero-order chi connectivity index (χ0) is 18.8. The Morgan fingerprint density at radius 1 is 1.11 bits per heavy atom. The van der Waals surface area contributed by atoms with Crippen LogP contribution < -0.4 is 10.5 Å². The maximum absolute atomic E-state index is 6.46. The molecule has 4 heterocycles. The van der Waals surface area contributed by atoms with Gasteiger partial charge < -0.3 is 19.9 Å². The van der Waals surface area contributed by atoms with Gasteiger partial charge in [0.15, 0.2) is 0 Å². The lowest BCUT2D eigenvalue weighted by atomic mass is 9.62. The van der Waals surface area contributed by atoms with E-state index < -0.39 is 5.54 Å². The van der Waals surface area contributed by atoms with E-state index in [9.17, 15) is 0 Å². The van der Waals surface area contributed by atoms with Gasteiger partial charge in [-0.05, 0) is 43.4 Å². The minimum Gasteiger partial charge on any atom is -0.490 e. The van der Waals surface area contributed by atoms with Crippen LogP contribution in [0.1, 0.15) is 31.2 Å². The van der Waals surface area contributed by atoms with Crippen LogP contribution in [0.5, 0.6) is 5.75 Å². The number of hydrogen-bond donors (Lipinski definition) is 1. The number of amidine groups is 1. The first-order chi connectivity index (χ1) is 13.7. The summed E-state index contributed by atoms with van der Waals surface area (Å²) in [4.78, 5) is 13.2. The van der Waals surface area contributed by atoms with Gasteiger partial charge in [-0.25, -0.2) is 15.0 Å². The summed E-state index contributed by atoms with van der Waals surface area (Å²) in [6.07, 6.45) is 9.31. The number of nitrogens with two attached hydrogens (primary N) is 1. The highest BCUT2D eigenvalue weighted by molar-refractivity contribution is 5.75. The van der Waals surface area contributed by atoms with Gasteiger partial charge in [-0.2, -0.15) is 0 Å². The minimum atomic E-state index is -0.527. The van der Waals surface area contributed by atoms with Crippen molar-refractivity contribution in [2.75, 3.05) is 13.2 Å². The normalized spacial score (nSPS) is 35.4. The van der Waals surface area contributed by atoms with E-state index in [1.165, 1.54) is 6.33 Å². The van der Waals surface area contributed by atoms with Crippen LogP contribution >= 0.6 is 0 Å². The summed E-state index contributed by atoms with van der Waals surface area (Å²) in [6.45, 7) is 1.29. The monoisotopic (exact) mass is 378 g/mol. The second-order valence-corrected chi connectivity index (χ2v) is 8.29. The molecule has 3 aliphatic heterocycles. The van der Waals surface area contributed by atoms with Crippen molar-refractivity contribution in [2.45, 2.75) is 42.9 Å². The molecule has 1 aromatic carbocycles. The molecule has 28 heavy (non-hydrogen) atoms. The summed E-state index contributed by atoms with van der Waals surface area (Å²) >= 11 is 0. The highest BCUT2D eigenvalue weighted by Gasteiger charge is 2.59. The minimum absolute atomic E-state index is 0.0210. The van der Waals surface area contributed by atoms with Crippen molar-refractivity contribution in [3.63, 3.8) is 0 Å². The molecule has 1 aliphatic carbocycles. The van der Waals surface area contributed by atoms with Gasteiger partial charge in [-0.1, -0.05) is 6.07 Å². The zero-order valence-electron chi connectivity index (χ0n) is 15.5. The Balaban J connectivity index is 1.49. The first kappa shape index (κ1) is 16.3. The van der Waals surface area contributed by atoms with E-state index in [4.69, 9.17) is 24.9 Å². The summed E-state index contributed by atoms with van der Waals surface area (Å²) in [5.74, 6) is 1.05. The molecule has 2 aromatic rings. The molecule has 7 nitrogen and oxygen atoms in total. The fourth-order valence-corrected chi connectivity index (χ4v) is 5.34. The Morgan fingerprint density at radius 3 is 2.68 bits per heavy atom. The molecule has 7 heteroatoms. The Bertz CT molecular complexity index is 959. The third-order valence-corrected chi connectivity index (χ3v) is 6.87. The lowest BCUT2D eigenvalue weighted by Gasteiger charge is -2.54. The van der Waals surface area contributed by atoms with Crippen molar-refractivity contribution in [2.24, 2.45) is 16.6 Å². The summed E-state index contributed by atoms with van der Waals surface area (Å²) in [7, 11) is 0. The Morgan fingerprint density at radius 2 is 1.96 bits per heavy atom. The number of hydrogen-bond acceptors (Lipinski definition) is 7. The van der Waals surface area contributed by atoms with Gasteiger partial charge in [0, 0.05) is 29.4 Å². The number of rotatable bonds is 1. The van der Waals surface area contributed by atoms with E-state index in [2.05, 4.69) is 16.0 Å². The number of nitrogens with zero attached hydrogens (tertiary/aromatic N) is 3. The van der Waals surface area contributed by atoms with E-state index in [-0.39, 0.29) is 23.6 Å². The quantitative estimate of drug-likeness (QED) is 0.819. The van der Waals surface area contributed by atoms with Crippen molar-refractivity contribution in [3.8, 4) is 16.9 Å². The topological polar surface area (TPSA) is 91.9 Å². The van der Waals surface area contributed by atoms with Crippen LogP contribution in [0.4, 0.5) is 0 Å². The molecule has 144 valence electrons. The molecule has 4 aliphatic rings. The second-order valence-electron chi connectivity index (χ2n) is 8.29. The first-order valence-corrected chi connectivity index (χ1v) is 9.86. The lowest BCUT2D eigenvalue weighted by molar-refractivity contribution is -0.197. The molecule has 1 saturated carbocycles. The smallest absolute Gasteiger partial charge is 0.283 e. The standard InChI is InChI=1S/C21H22N4O3/c22-19-25-21(11-26-19)15-7-13(14-9-23-12-24-10-14)1-2-17(15)28-18-3-4-20(5-6-27-20)8-16(18)21/h1-2,7,9-10,12,16,18H,3-6,8,11H2,(H2,22,25). The van der Waals surface area contributed by atoms with Crippen molar-refractivity contribution in [1.82, 2.24) is 9.97 Å². The SMILES string of the molecule is NC1=NC2(CO1)c1cc(-c3cncnc3)ccc1OC1CCC3(CCO3)CC12. The van der Waals surface area contributed by atoms with E-state index >= 15 is 0 Å². The van der Waals surface area contributed by atoms with E-state index in [0.717, 1.165) is 54.7 Å². The van der Waals surface area contributed by atoms with Gasteiger partial charge in [0.05, 0.1) is 12.2 Å². The van der Waals surface area contributed by atoms with Crippen LogP contribution in [0, 0.1) is 5.92 Å². The molecule has 0 radical (unpaired) electrons. The molecule has 2 spiro atoms. The van der Waals surface area contributed by atoms with E-state index in [1.807, 2.05) is 24.5 Å². The van der Waals surface area contributed by atoms with E-state index in [1.54, 1.807) is 0 Å². The number of ether oxygens (including phenoxy) is 3. The van der Waals surface area contributed by atoms with Crippen molar-refractivity contribution in [3.05, 3.63) is 42.5 Å². The first-order valence-electron chi connectivity index (χ1n) is 9.86. The predicted octanol–water partition coefficient (Wildman–Crippen LogP) is 2.40. The number of aromatic nitrogens is 2. The molecule has 1 saturated heterocycles. The van der Waals surface area contributed by atoms with Gasteiger partial charge >= 0.3 is 0 Å². The predicted molar refractivity (Wildman–Crippen MR) is 102 cm³/mol. The Labute approximate surface area is 162 Å². The maximum Gasteiger partial charge on any atom is 0.283 e. The molecule has 0 bridgehead atoms. The average Bonchev–Trinajstić information content (AvgIpc) is 3.10. The summed E-state index contributed by atoms with van der Waals surface area (Å²) in [6, 6.07) is 6.48. The summed E-state index contributed by atoms with van der Waals surface area (Å²) in [5, 5.41) is 0. The molecule has 2 fully saturated rings. The Kier molecular flexibility index (Phi) is 3.30. The van der Waals surface area contributed by atoms with Gasteiger partial charge in [0.2, 0.25) is 0 Å². The van der Waals surface area contributed by atoms with Gasteiger partial charge in [0.1, 0.15) is 30.3 Å². The van der Waals surface area contributed by atoms with Gasteiger partial charge in [-0.15, -0.1) is 0 Å². The molecule has 1 aromatic heterocycles. The summed E-state index contributed by atoms with van der Waals surface area (Å²) < 4.78 is 18.2. The molecule has 2 N–H and O–H groups in total. The van der Waals surface area contributed by atoms with Crippen LogP contribution in [0.2, 0.25) is 0 Å². The highest BCUT2D eigenvalue weighted by atomic mass is 16.5. The van der Waals surface area contributed by atoms with Crippen LogP contribution in [-0.2, 0) is 15.0 Å². The molecular weight excluding hydrogens is 356 g/mol.